The fourth-order valence-electron chi connectivity index (χ4n) is 2.81. The van der Waals surface area contributed by atoms with Crippen molar-refractivity contribution in [1.29, 1.82) is 0 Å². The SMILES string of the molecule is CCOc1ccc2nc(NC(=O)c3ccc(OCc4nnnn4CC)cc3)sc2c1. The molecule has 0 aliphatic carbocycles. The third-order valence-corrected chi connectivity index (χ3v) is 5.22. The lowest BCUT2D eigenvalue weighted by Crippen LogP contribution is -2.11. The molecule has 0 atom stereocenters. The molecule has 2 heterocycles. The second kappa shape index (κ2) is 8.87. The molecule has 1 amide bonds. The van der Waals surface area contributed by atoms with Crippen LogP contribution in [0.1, 0.15) is 30.0 Å². The zero-order valence-corrected chi connectivity index (χ0v) is 17.3. The van der Waals surface area contributed by atoms with Gasteiger partial charge in [0.25, 0.3) is 5.91 Å². The fourth-order valence-corrected chi connectivity index (χ4v) is 3.70. The van der Waals surface area contributed by atoms with Crippen molar-refractivity contribution in [2.24, 2.45) is 0 Å². The number of nitrogens with one attached hydrogen (secondary N) is 1. The molecule has 0 saturated heterocycles. The maximum absolute atomic E-state index is 12.6. The van der Waals surface area contributed by atoms with Gasteiger partial charge in [0.1, 0.15) is 18.1 Å². The summed E-state index contributed by atoms with van der Waals surface area (Å²) in [5.74, 6) is 1.82. The molecule has 0 radical (unpaired) electrons. The van der Waals surface area contributed by atoms with E-state index in [0.29, 0.717) is 35.4 Å². The van der Waals surface area contributed by atoms with Gasteiger partial charge in [0.15, 0.2) is 11.0 Å². The van der Waals surface area contributed by atoms with E-state index in [1.165, 1.54) is 11.3 Å². The summed E-state index contributed by atoms with van der Waals surface area (Å²) in [6, 6.07) is 12.6. The molecule has 0 spiro atoms. The number of benzene rings is 2. The lowest BCUT2D eigenvalue weighted by molar-refractivity contribution is 0.102. The average Bonchev–Trinajstić information content (AvgIpc) is 3.38. The van der Waals surface area contributed by atoms with Crippen molar-refractivity contribution < 1.29 is 14.3 Å². The van der Waals surface area contributed by atoms with E-state index in [1.54, 1.807) is 28.9 Å². The second-order valence-electron chi connectivity index (χ2n) is 6.26. The van der Waals surface area contributed by atoms with E-state index in [0.717, 1.165) is 16.0 Å². The molecule has 4 aromatic rings. The van der Waals surface area contributed by atoms with Crippen molar-refractivity contribution >= 4 is 32.6 Å². The van der Waals surface area contributed by atoms with Crippen LogP contribution in [0, 0.1) is 0 Å². The molecule has 4 rings (SSSR count). The predicted octanol–water partition coefficient (Wildman–Crippen LogP) is 3.53. The molecule has 154 valence electrons. The van der Waals surface area contributed by atoms with Crippen LogP contribution in [0.5, 0.6) is 11.5 Å². The summed E-state index contributed by atoms with van der Waals surface area (Å²) >= 11 is 1.40. The van der Waals surface area contributed by atoms with E-state index >= 15 is 0 Å². The minimum absolute atomic E-state index is 0.236. The number of hydrogen-bond donors (Lipinski definition) is 1. The van der Waals surface area contributed by atoms with Crippen LogP contribution in [0.15, 0.2) is 42.5 Å². The molecule has 0 bridgehead atoms. The van der Waals surface area contributed by atoms with Gasteiger partial charge < -0.3 is 9.47 Å². The summed E-state index contributed by atoms with van der Waals surface area (Å²) in [7, 11) is 0. The van der Waals surface area contributed by atoms with Gasteiger partial charge >= 0.3 is 0 Å². The molecule has 10 heteroatoms. The molecule has 0 unspecified atom stereocenters. The summed E-state index contributed by atoms with van der Waals surface area (Å²) in [5, 5.41) is 14.8. The minimum atomic E-state index is -0.236. The number of tetrazole rings is 1. The minimum Gasteiger partial charge on any atom is -0.494 e. The average molecular weight is 424 g/mol. The smallest absolute Gasteiger partial charge is 0.257 e. The summed E-state index contributed by atoms with van der Waals surface area (Å²) in [4.78, 5) is 17.0. The summed E-state index contributed by atoms with van der Waals surface area (Å²) in [5.41, 5.74) is 1.33. The third kappa shape index (κ3) is 4.38. The van der Waals surface area contributed by atoms with Gasteiger partial charge in [0.05, 0.1) is 16.8 Å². The fraction of sp³-hybridized carbons (Fsp3) is 0.250. The lowest BCUT2D eigenvalue weighted by Gasteiger charge is -2.07. The van der Waals surface area contributed by atoms with Gasteiger partial charge in [-0.1, -0.05) is 11.3 Å². The summed E-state index contributed by atoms with van der Waals surface area (Å²) < 4.78 is 13.8. The predicted molar refractivity (Wildman–Crippen MR) is 113 cm³/mol. The Morgan fingerprint density at radius 2 is 1.90 bits per heavy atom. The Morgan fingerprint density at radius 1 is 1.10 bits per heavy atom. The molecule has 0 fully saturated rings. The molecular weight excluding hydrogens is 404 g/mol. The first-order chi connectivity index (χ1) is 14.7. The first kappa shape index (κ1) is 19.8. The lowest BCUT2D eigenvalue weighted by atomic mass is 10.2. The monoisotopic (exact) mass is 424 g/mol. The summed E-state index contributed by atoms with van der Waals surface area (Å²) in [6.07, 6.45) is 0. The first-order valence-corrected chi connectivity index (χ1v) is 10.3. The zero-order valence-electron chi connectivity index (χ0n) is 16.5. The van der Waals surface area contributed by atoms with Gasteiger partial charge in [-0.15, -0.1) is 5.10 Å². The number of thiazole rings is 1. The number of nitrogens with zero attached hydrogens (tertiary/aromatic N) is 5. The van der Waals surface area contributed by atoms with Gasteiger partial charge in [-0.3, -0.25) is 10.1 Å². The van der Waals surface area contributed by atoms with Crippen molar-refractivity contribution in [3.63, 3.8) is 0 Å². The normalized spacial score (nSPS) is 10.9. The van der Waals surface area contributed by atoms with Crippen molar-refractivity contribution in [2.75, 3.05) is 11.9 Å². The highest BCUT2D eigenvalue weighted by atomic mass is 32.1. The van der Waals surface area contributed by atoms with Crippen LogP contribution < -0.4 is 14.8 Å². The van der Waals surface area contributed by atoms with E-state index in [1.807, 2.05) is 32.0 Å². The maximum atomic E-state index is 12.6. The Kier molecular flexibility index (Phi) is 5.84. The summed E-state index contributed by atoms with van der Waals surface area (Å²) in [6.45, 7) is 5.42. The highest BCUT2D eigenvalue weighted by Gasteiger charge is 2.11. The van der Waals surface area contributed by atoms with E-state index in [9.17, 15) is 4.79 Å². The van der Waals surface area contributed by atoms with Gasteiger partial charge in [-0.05, 0) is 66.7 Å². The molecule has 0 aliphatic rings. The molecule has 0 saturated carbocycles. The third-order valence-electron chi connectivity index (χ3n) is 4.28. The Balaban J connectivity index is 1.39. The van der Waals surface area contributed by atoms with Gasteiger partial charge in [0, 0.05) is 12.1 Å². The van der Waals surface area contributed by atoms with Crippen LogP contribution in [0.2, 0.25) is 0 Å². The highest BCUT2D eigenvalue weighted by molar-refractivity contribution is 7.22. The number of hydrogen-bond acceptors (Lipinski definition) is 8. The van der Waals surface area contributed by atoms with Crippen molar-refractivity contribution in [3.8, 4) is 11.5 Å². The number of carbonyl (C=O) groups excluding carboxylic acids is 1. The van der Waals surface area contributed by atoms with Gasteiger partial charge in [0.2, 0.25) is 0 Å². The van der Waals surface area contributed by atoms with Crippen LogP contribution in [-0.2, 0) is 13.2 Å². The maximum Gasteiger partial charge on any atom is 0.257 e. The van der Waals surface area contributed by atoms with E-state index < -0.39 is 0 Å². The van der Waals surface area contributed by atoms with Crippen LogP contribution in [0.25, 0.3) is 10.2 Å². The molecule has 0 aliphatic heterocycles. The van der Waals surface area contributed by atoms with E-state index in [-0.39, 0.29) is 12.5 Å². The number of fused-ring (bicyclic) bond motifs is 1. The Hall–Kier alpha value is -3.53. The Morgan fingerprint density at radius 3 is 2.67 bits per heavy atom. The molecule has 2 aromatic heterocycles. The van der Waals surface area contributed by atoms with Gasteiger partial charge in [-0.25, -0.2) is 9.67 Å². The number of amides is 1. The number of aromatic nitrogens is 5. The second-order valence-corrected chi connectivity index (χ2v) is 7.29. The largest absolute Gasteiger partial charge is 0.494 e. The Labute approximate surface area is 176 Å². The number of carbonyl (C=O) groups is 1. The number of rotatable bonds is 8. The van der Waals surface area contributed by atoms with E-state index in [4.69, 9.17) is 9.47 Å². The van der Waals surface area contributed by atoms with Crippen molar-refractivity contribution in [2.45, 2.75) is 27.0 Å². The standard InChI is InChI=1S/C20H20N6O3S/c1-3-26-18(23-24-25-26)12-29-14-7-5-13(6-8-14)19(27)22-20-21-16-10-9-15(28-4-2)11-17(16)30-20/h5-11H,3-4,12H2,1-2H3,(H,21,22,27). The zero-order chi connectivity index (χ0) is 20.9. The van der Waals surface area contributed by atoms with Crippen molar-refractivity contribution in [3.05, 3.63) is 53.9 Å². The first-order valence-electron chi connectivity index (χ1n) is 9.49. The molecular formula is C20H20N6O3S. The number of ether oxygens (including phenoxy) is 2. The molecule has 1 N–H and O–H groups in total. The van der Waals surface area contributed by atoms with Crippen LogP contribution in [-0.4, -0.2) is 37.7 Å². The van der Waals surface area contributed by atoms with Crippen molar-refractivity contribution in [1.82, 2.24) is 25.2 Å². The van der Waals surface area contributed by atoms with E-state index in [2.05, 4.69) is 25.8 Å². The van der Waals surface area contributed by atoms with Crippen LogP contribution >= 0.6 is 11.3 Å². The highest BCUT2D eigenvalue weighted by Crippen LogP contribution is 2.29. The van der Waals surface area contributed by atoms with Crippen LogP contribution in [0.4, 0.5) is 5.13 Å². The quantitative estimate of drug-likeness (QED) is 0.461. The number of aryl methyl sites for hydroxylation is 1. The topological polar surface area (TPSA) is 104 Å². The Bertz CT molecular complexity index is 1160. The number of anilines is 1. The van der Waals surface area contributed by atoms with Gasteiger partial charge in [-0.2, -0.15) is 0 Å². The molecule has 2 aromatic carbocycles. The van der Waals surface area contributed by atoms with Crippen LogP contribution in [0.3, 0.4) is 0 Å². The molecule has 30 heavy (non-hydrogen) atoms. The molecule has 9 nitrogen and oxygen atoms in total.